The van der Waals surface area contributed by atoms with Crippen LogP contribution in [0.25, 0.3) is 0 Å². The zero-order valence-corrected chi connectivity index (χ0v) is 15.9. The fraction of sp³-hybridized carbons (Fsp3) is 0.300. The first-order chi connectivity index (χ1) is 13.3. The Morgan fingerprint density at radius 2 is 1.75 bits per heavy atom. The molecule has 0 saturated carbocycles. The van der Waals surface area contributed by atoms with E-state index in [1.54, 1.807) is 18.2 Å². The zero-order valence-electron chi connectivity index (χ0n) is 15.9. The number of nitrogens with zero attached hydrogens (tertiary/aromatic N) is 1. The Labute approximate surface area is 162 Å². The number of ether oxygens (including phenoxy) is 2. The number of rotatable bonds is 8. The Morgan fingerprint density at radius 1 is 1.04 bits per heavy atom. The molecule has 2 aromatic rings. The van der Waals surface area contributed by atoms with Crippen LogP contribution >= 0.6 is 0 Å². The molecule has 2 amide bonds. The van der Waals surface area contributed by atoms with Crippen LogP contribution in [0.1, 0.15) is 18.9 Å². The van der Waals surface area contributed by atoms with Crippen LogP contribution in [0, 0.1) is 11.6 Å². The van der Waals surface area contributed by atoms with E-state index in [1.165, 1.54) is 27.2 Å². The summed E-state index contributed by atoms with van der Waals surface area (Å²) in [4.78, 5) is 25.0. The molecule has 0 saturated heterocycles. The lowest BCUT2D eigenvalue weighted by molar-refractivity contribution is -0.121. The van der Waals surface area contributed by atoms with Crippen molar-refractivity contribution in [3.05, 3.63) is 53.6 Å². The summed E-state index contributed by atoms with van der Waals surface area (Å²) in [5.74, 6) is -1.24. The van der Waals surface area contributed by atoms with Crippen molar-refractivity contribution in [3.8, 4) is 11.5 Å². The van der Waals surface area contributed by atoms with Crippen molar-refractivity contribution in [3.63, 3.8) is 0 Å². The van der Waals surface area contributed by atoms with Crippen LogP contribution in [0.3, 0.4) is 0 Å². The second kappa shape index (κ2) is 9.68. The number of amides is 2. The Balaban J connectivity index is 1.95. The first-order valence-corrected chi connectivity index (χ1v) is 8.56. The average Bonchev–Trinajstić information content (AvgIpc) is 2.67. The first-order valence-electron chi connectivity index (χ1n) is 8.56. The van der Waals surface area contributed by atoms with Gasteiger partial charge in [-0.15, -0.1) is 0 Å². The minimum atomic E-state index is -0.860. The van der Waals surface area contributed by atoms with E-state index in [-0.39, 0.29) is 31.1 Å². The average molecular weight is 392 g/mol. The molecule has 150 valence electrons. The van der Waals surface area contributed by atoms with Gasteiger partial charge in [0.1, 0.15) is 11.6 Å². The molecule has 1 N–H and O–H groups in total. The second-order valence-corrected chi connectivity index (χ2v) is 5.98. The van der Waals surface area contributed by atoms with Crippen LogP contribution in [0.4, 0.5) is 14.5 Å². The van der Waals surface area contributed by atoms with Gasteiger partial charge in [-0.3, -0.25) is 9.59 Å². The number of carbonyl (C=O) groups excluding carboxylic acids is 2. The number of anilines is 1. The van der Waals surface area contributed by atoms with Crippen molar-refractivity contribution < 1.29 is 27.8 Å². The quantitative estimate of drug-likeness (QED) is 0.750. The minimum absolute atomic E-state index is 0.0321. The Morgan fingerprint density at radius 3 is 2.36 bits per heavy atom. The van der Waals surface area contributed by atoms with Crippen LogP contribution in [0.5, 0.6) is 11.5 Å². The second-order valence-electron chi connectivity index (χ2n) is 5.98. The largest absolute Gasteiger partial charge is 0.493 e. The number of methoxy groups -OCH3 is 2. The van der Waals surface area contributed by atoms with E-state index in [9.17, 15) is 18.4 Å². The topological polar surface area (TPSA) is 67.9 Å². The van der Waals surface area contributed by atoms with Crippen LogP contribution in [0.2, 0.25) is 0 Å². The van der Waals surface area contributed by atoms with Crippen LogP contribution in [-0.4, -0.2) is 32.6 Å². The number of halogens is 2. The van der Waals surface area contributed by atoms with Gasteiger partial charge >= 0.3 is 0 Å². The summed E-state index contributed by atoms with van der Waals surface area (Å²) in [6.07, 6.45) is -0.0380. The molecule has 0 aliphatic carbocycles. The van der Waals surface area contributed by atoms with E-state index < -0.39 is 17.5 Å². The highest BCUT2D eigenvalue weighted by Gasteiger charge is 2.17. The van der Waals surface area contributed by atoms with Gasteiger partial charge in [0.15, 0.2) is 11.5 Å². The molecule has 0 atom stereocenters. The third-order valence-electron chi connectivity index (χ3n) is 4.08. The molecule has 8 heteroatoms. The standard InChI is InChI=1S/C20H22F2N2O4/c1-13(25)24(17-6-5-15(21)11-16(17)22)9-8-20(26)23-12-14-4-7-18(27-2)19(10-14)28-3/h4-7,10-11H,8-9,12H2,1-3H3,(H,23,26). The maximum Gasteiger partial charge on any atom is 0.223 e. The van der Waals surface area contributed by atoms with Gasteiger partial charge in [0.25, 0.3) is 0 Å². The molecule has 0 aliphatic heterocycles. The van der Waals surface area contributed by atoms with E-state index in [4.69, 9.17) is 9.47 Å². The lowest BCUT2D eigenvalue weighted by atomic mass is 10.2. The summed E-state index contributed by atoms with van der Waals surface area (Å²) in [6.45, 7) is 1.48. The van der Waals surface area contributed by atoms with Gasteiger partial charge in [0.05, 0.1) is 19.9 Å². The predicted octanol–water partition coefficient (Wildman–Crippen LogP) is 3.04. The Kier molecular flexibility index (Phi) is 7.31. The van der Waals surface area contributed by atoms with E-state index in [0.717, 1.165) is 16.5 Å². The van der Waals surface area contributed by atoms with E-state index >= 15 is 0 Å². The van der Waals surface area contributed by atoms with Crippen LogP contribution in [0.15, 0.2) is 36.4 Å². The number of benzene rings is 2. The van der Waals surface area contributed by atoms with Gasteiger partial charge in [0.2, 0.25) is 11.8 Å². The molecule has 0 spiro atoms. The van der Waals surface area contributed by atoms with E-state index in [0.29, 0.717) is 17.6 Å². The van der Waals surface area contributed by atoms with Crippen molar-refractivity contribution in [2.24, 2.45) is 0 Å². The Hall–Kier alpha value is -3.16. The minimum Gasteiger partial charge on any atom is -0.493 e. The number of hydrogen-bond acceptors (Lipinski definition) is 4. The molecule has 0 radical (unpaired) electrons. The summed E-state index contributed by atoms with van der Waals surface area (Å²) in [5, 5.41) is 2.73. The molecule has 28 heavy (non-hydrogen) atoms. The Bertz CT molecular complexity index is 858. The molecular formula is C20H22F2N2O4. The van der Waals surface area contributed by atoms with Crippen molar-refractivity contribution in [2.45, 2.75) is 19.9 Å². The monoisotopic (exact) mass is 392 g/mol. The van der Waals surface area contributed by atoms with Crippen LogP contribution in [-0.2, 0) is 16.1 Å². The molecule has 2 aromatic carbocycles. The maximum absolute atomic E-state index is 13.9. The fourth-order valence-electron chi connectivity index (χ4n) is 2.64. The van der Waals surface area contributed by atoms with Crippen molar-refractivity contribution in [1.29, 1.82) is 0 Å². The number of carbonyl (C=O) groups is 2. The molecule has 0 aromatic heterocycles. The predicted molar refractivity (Wildman–Crippen MR) is 100 cm³/mol. The van der Waals surface area contributed by atoms with Crippen LogP contribution < -0.4 is 19.7 Å². The molecule has 0 unspecified atom stereocenters. The summed E-state index contributed by atoms with van der Waals surface area (Å²) < 4.78 is 37.4. The zero-order chi connectivity index (χ0) is 20.7. The molecule has 0 fully saturated rings. The SMILES string of the molecule is COc1ccc(CNC(=O)CCN(C(C)=O)c2ccc(F)cc2F)cc1OC. The summed E-state index contributed by atoms with van der Waals surface area (Å²) >= 11 is 0. The van der Waals surface area contributed by atoms with Gasteiger partial charge in [-0.25, -0.2) is 8.78 Å². The van der Waals surface area contributed by atoms with Crippen molar-refractivity contribution in [1.82, 2.24) is 5.32 Å². The highest BCUT2D eigenvalue weighted by molar-refractivity contribution is 5.92. The first kappa shape index (κ1) is 21.1. The van der Waals surface area contributed by atoms with Gasteiger partial charge in [-0.2, -0.15) is 0 Å². The third kappa shape index (κ3) is 5.42. The lowest BCUT2D eigenvalue weighted by Crippen LogP contribution is -2.34. The van der Waals surface area contributed by atoms with Gasteiger partial charge in [0, 0.05) is 32.5 Å². The van der Waals surface area contributed by atoms with Gasteiger partial charge in [-0.05, 0) is 29.8 Å². The van der Waals surface area contributed by atoms with Gasteiger partial charge in [-0.1, -0.05) is 6.07 Å². The third-order valence-corrected chi connectivity index (χ3v) is 4.08. The molecule has 2 rings (SSSR count). The summed E-state index contributed by atoms with van der Waals surface area (Å²) in [5.41, 5.74) is 0.737. The maximum atomic E-state index is 13.9. The number of hydrogen-bond donors (Lipinski definition) is 1. The number of nitrogens with one attached hydrogen (secondary N) is 1. The molecule has 0 heterocycles. The lowest BCUT2D eigenvalue weighted by Gasteiger charge is -2.21. The molecular weight excluding hydrogens is 370 g/mol. The van der Waals surface area contributed by atoms with E-state index in [2.05, 4.69) is 5.32 Å². The van der Waals surface area contributed by atoms with Crippen molar-refractivity contribution in [2.75, 3.05) is 25.7 Å². The molecule has 6 nitrogen and oxygen atoms in total. The smallest absolute Gasteiger partial charge is 0.223 e. The van der Waals surface area contributed by atoms with Gasteiger partial charge < -0.3 is 19.7 Å². The normalized spacial score (nSPS) is 10.3. The highest BCUT2D eigenvalue weighted by atomic mass is 19.1. The summed E-state index contributed by atoms with van der Waals surface area (Å²) in [7, 11) is 3.05. The van der Waals surface area contributed by atoms with E-state index in [1.807, 2.05) is 0 Å². The highest BCUT2D eigenvalue weighted by Crippen LogP contribution is 2.27. The molecule has 0 aliphatic rings. The van der Waals surface area contributed by atoms with Crippen molar-refractivity contribution >= 4 is 17.5 Å². The summed E-state index contributed by atoms with van der Waals surface area (Å²) in [6, 6.07) is 8.20. The molecule has 0 bridgehead atoms. The fourth-order valence-corrected chi connectivity index (χ4v) is 2.64.